The van der Waals surface area contributed by atoms with Crippen LogP contribution in [-0.4, -0.2) is 26.9 Å². The smallest absolute Gasteiger partial charge is 0.175 e. The zero-order valence-electron chi connectivity index (χ0n) is 15.2. The van der Waals surface area contributed by atoms with Crippen molar-refractivity contribution in [1.29, 1.82) is 0 Å². The lowest BCUT2D eigenvalue weighted by atomic mass is 10.2. The minimum Gasteiger partial charge on any atom is -0.493 e. The summed E-state index contributed by atoms with van der Waals surface area (Å²) in [6.07, 6.45) is 0.968. The second-order valence-electron chi connectivity index (χ2n) is 5.72. The Morgan fingerprint density at radius 1 is 1.19 bits per heavy atom. The van der Waals surface area contributed by atoms with Crippen LogP contribution in [0, 0.1) is 5.82 Å². The van der Waals surface area contributed by atoms with Crippen molar-refractivity contribution in [3.8, 4) is 11.5 Å². The third-order valence-corrected chi connectivity index (χ3v) is 4.38. The van der Waals surface area contributed by atoms with Gasteiger partial charge < -0.3 is 19.5 Å². The molecule has 0 unspecified atom stereocenters. The van der Waals surface area contributed by atoms with Crippen molar-refractivity contribution in [1.82, 2.24) is 5.32 Å². The Morgan fingerprint density at radius 2 is 2.00 bits per heavy atom. The first kappa shape index (κ1) is 20.7. The number of methoxy groups -OCH3 is 1. The topological polar surface area (TPSA) is 39.7 Å². The molecule has 0 heterocycles. The second-order valence-corrected chi connectivity index (χ2v) is 6.57. The zero-order chi connectivity index (χ0) is 18.8. The molecule has 0 bridgehead atoms. The van der Waals surface area contributed by atoms with E-state index in [9.17, 15) is 4.39 Å². The number of nitrogens with one attached hydrogen (secondary N) is 1. The van der Waals surface area contributed by atoms with Crippen molar-refractivity contribution >= 4 is 15.9 Å². The first-order chi connectivity index (χ1) is 12.7. The number of halogens is 2. The molecule has 1 N–H and O–H groups in total. The maximum absolute atomic E-state index is 13.7. The Kier molecular flexibility index (Phi) is 8.88. The van der Waals surface area contributed by atoms with Crippen LogP contribution < -0.4 is 14.8 Å². The number of hydrogen-bond acceptors (Lipinski definition) is 4. The fourth-order valence-corrected chi connectivity index (χ4v) is 3.06. The molecular weight excluding hydrogens is 401 g/mol. The first-order valence-electron chi connectivity index (χ1n) is 8.66. The minimum absolute atomic E-state index is 0.136. The number of rotatable bonds is 11. The maximum atomic E-state index is 13.7. The Labute approximate surface area is 162 Å². The predicted octanol–water partition coefficient (Wildman–Crippen LogP) is 4.69. The van der Waals surface area contributed by atoms with E-state index in [1.54, 1.807) is 25.3 Å². The van der Waals surface area contributed by atoms with Crippen LogP contribution in [0.4, 0.5) is 4.39 Å². The van der Waals surface area contributed by atoms with E-state index >= 15 is 0 Å². The van der Waals surface area contributed by atoms with Gasteiger partial charge in [0.05, 0.1) is 11.6 Å². The van der Waals surface area contributed by atoms with Crippen molar-refractivity contribution in [2.45, 2.75) is 26.5 Å². The molecule has 0 aliphatic heterocycles. The van der Waals surface area contributed by atoms with Gasteiger partial charge in [0.25, 0.3) is 0 Å². The summed E-state index contributed by atoms with van der Waals surface area (Å²) in [4.78, 5) is 0. The van der Waals surface area contributed by atoms with Gasteiger partial charge in [0.1, 0.15) is 12.4 Å². The van der Waals surface area contributed by atoms with Crippen LogP contribution in [-0.2, 0) is 17.9 Å². The van der Waals surface area contributed by atoms with E-state index < -0.39 is 0 Å². The van der Waals surface area contributed by atoms with Gasteiger partial charge in [0, 0.05) is 25.3 Å². The molecule has 0 aliphatic rings. The molecule has 0 radical (unpaired) electrons. The summed E-state index contributed by atoms with van der Waals surface area (Å²) in [5.74, 6) is 0.896. The standard InChI is InChI=1S/C20H25BrFNO3/c1-3-25-10-6-9-23-13-15-11-17(21)20(19(12-15)24-2)26-14-16-7-4-5-8-18(16)22/h4-5,7-8,11-12,23H,3,6,9-10,13-14H2,1-2H3. The minimum atomic E-state index is -0.282. The van der Waals surface area contributed by atoms with Gasteiger partial charge in [-0.25, -0.2) is 4.39 Å². The lowest BCUT2D eigenvalue weighted by Gasteiger charge is -2.15. The van der Waals surface area contributed by atoms with Gasteiger partial charge in [0.15, 0.2) is 11.5 Å². The van der Waals surface area contributed by atoms with E-state index in [0.717, 1.165) is 36.2 Å². The van der Waals surface area contributed by atoms with Crippen molar-refractivity contribution in [3.05, 3.63) is 57.8 Å². The molecule has 0 saturated heterocycles. The van der Waals surface area contributed by atoms with E-state index in [0.29, 0.717) is 23.6 Å². The monoisotopic (exact) mass is 425 g/mol. The van der Waals surface area contributed by atoms with Crippen molar-refractivity contribution < 1.29 is 18.6 Å². The molecule has 2 aromatic rings. The molecule has 0 atom stereocenters. The van der Waals surface area contributed by atoms with Crippen molar-refractivity contribution in [3.63, 3.8) is 0 Å². The summed E-state index contributed by atoms with van der Waals surface area (Å²) in [5, 5.41) is 3.38. The van der Waals surface area contributed by atoms with Crippen LogP contribution in [0.3, 0.4) is 0 Å². The highest BCUT2D eigenvalue weighted by Gasteiger charge is 2.13. The average Bonchev–Trinajstić information content (AvgIpc) is 2.64. The van der Waals surface area contributed by atoms with Gasteiger partial charge in [-0.15, -0.1) is 0 Å². The van der Waals surface area contributed by atoms with Gasteiger partial charge in [0.2, 0.25) is 0 Å². The summed E-state index contributed by atoms with van der Waals surface area (Å²) in [5.41, 5.74) is 1.57. The predicted molar refractivity (Wildman–Crippen MR) is 104 cm³/mol. The Morgan fingerprint density at radius 3 is 2.73 bits per heavy atom. The van der Waals surface area contributed by atoms with Gasteiger partial charge in [-0.3, -0.25) is 0 Å². The molecule has 0 aromatic heterocycles. The molecule has 0 spiro atoms. The fourth-order valence-electron chi connectivity index (χ4n) is 2.46. The molecule has 0 fully saturated rings. The number of hydrogen-bond donors (Lipinski definition) is 1. The number of ether oxygens (including phenoxy) is 3. The molecule has 0 saturated carbocycles. The van der Waals surface area contributed by atoms with E-state index in [1.165, 1.54) is 6.07 Å². The lowest BCUT2D eigenvalue weighted by Crippen LogP contribution is -2.16. The molecule has 4 nitrogen and oxygen atoms in total. The summed E-state index contributed by atoms with van der Waals surface area (Å²) in [7, 11) is 1.59. The molecule has 26 heavy (non-hydrogen) atoms. The third-order valence-electron chi connectivity index (χ3n) is 3.79. The van der Waals surface area contributed by atoms with Crippen LogP contribution in [0.1, 0.15) is 24.5 Å². The van der Waals surface area contributed by atoms with E-state index in [-0.39, 0.29) is 12.4 Å². The molecular formula is C20H25BrFNO3. The van der Waals surface area contributed by atoms with Crippen LogP contribution in [0.25, 0.3) is 0 Å². The zero-order valence-corrected chi connectivity index (χ0v) is 16.8. The molecule has 0 aliphatic carbocycles. The highest BCUT2D eigenvalue weighted by molar-refractivity contribution is 9.10. The Hall–Kier alpha value is -1.63. The molecule has 142 valence electrons. The quantitative estimate of drug-likeness (QED) is 0.530. The first-order valence-corrected chi connectivity index (χ1v) is 9.46. The van der Waals surface area contributed by atoms with Gasteiger partial charge in [-0.1, -0.05) is 18.2 Å². The molecule has 6 heteroatoms. The van der Waals surface area contributed by atoms with Crippen molar-refractivity contribution in [2.75, 3.05) is 26.9 Å². The van der Waals surface area contributed by atoms with Crippen LogP contribution in [0.2, 0.25) is 0 Å². The lowest BCUT2D eigenvalue weighted by molar-refractivity contribution is 0.144. The largest absolute Gasteiger partial charge is 0.493 e. The molecule has 2 rings (SSSR count). The second kappa shape index (κ2) is 11.2. The summed E-state index contributed by atoms with van der Waals surface area (Å²) < 4.78 is 31.1. The van der Waals surface area contributed by atoms with Crippen LogP contribution >= 0.6 is 15.9 Å². The Bertz CT molecular complexity index is 697. The summed E-state index contributed by atoms with van der Waals surface area (Å²) in [6.45, 7) is 5.24. The Balaban J connectivity index is 1.96. The van der Waals surface area contributed by atoms with Gasteiger partial charge >= 0.3 is 0 Å². The highest BCUT2D eigenvalue weighted by atomic mass is 79.9. The van der Waals surface area contributed by atoms with Crippen LogP contribution in [0.5, 0.6) is 11.5 Å². The van der Waals surface area contributed by atoms with E-state index in [1.807, 2.05) is 19.1 Å². The van der Waals surface area contributed by atoms with Gasteiger partial charge in [-0.05, 0) is 59.6 Å². The van der Waals surface area contributed by atoms with E-state index in [4.69, 9.17) is 14.2 Å². The summed E-state index contributed by atoms with van der Waals surface area (Å²) >= 11 is 3.53. The maximum Gasteiger partial charge on any atom is 0.175 e. The normalized spacial score (nSPS) is 10.8. The molecule has 2 aromatic carbocycles. The van der Waals surface area contributed by atoms with Crippen molar-refractivity contribution in [2.24, 2.45) is 0 Å². The van der Waals surface area contributed by atoms with E-state index in [2.05, 4.69) is 21.2 Å². The SMILES string of the molecule is CCOCCCNCc1cc(Br)c(OCc2ccccc2F)c(OC)c1. The summed E-state index contributed by atoms with van der Waals surface area (Å²) in [6, 6.07) is 10.5. The fraction of sp³-hybridized carbons (Fsp3) is 0.400. The highest BCUT2D eigenvalue weighted by Crippen LogP contribution is 2.37. The third kappa shape index (κ3) is 6.27. The van der Waals surface area contributed by atoms with Gasteiger partial charge in [-0.2, -0.15) is 0 Å². The average molecular weight is 426 g/mol. The number of benzene rings is 2. The molecule has 0 amide bonds. The van der Waals surface area contributed by atoms with Crippen LogP contribution in [0.15, 0.2) is 40.9 Å².